The number of nitrogens with zero attached hydrogens (tertiary/aromatic N) is 3. The van der Waals surface area contributed by atoms with Gasteiger partial charge >= 0.3 is 12.0 Å². The van der Waals surface area contributed by atoms with Crippen LogP contribution in [-0.2, 0) is 16.6 Å². The van der Waals surface area contributed by atoms with Gasteiger partial charge < -0.3 is 19.9 Å². The van der Waals surface area contributed by atoms with E-state index >= 15 is 0 Å². The van der Waals surface area contributed by atoms with Crippen LogP contribution in [0.15, 0.2) is 46.8 Å². The molecule has 3 rings (SSSR count). The van der Waals surface area contributed by atoms with Crippen LogP contribution < -0.4 is 10.6 Å². The van der Waals surface area contributed by atoms with Gasteiger partial charge in [-0.25, -0.2) is 9.59 Å². The minimum atomic E-state index is -0.434. The number of aromatic nitrogens is 3. The van der Waals surface area contributed by atoms with Gasteiger partial charge in [0, 0.05) is 24.1 Å². The first-order chi connectivity index (χ1) is 13.0. The highest BCUT2D eigenvalue weighted by Crippen LogP contribution is 2.25. The number of rotatable bonds is 6. The monoisotopic (exact) mass is 387 g/mol. The van der Waals surface area contributed by atoms with E-state index < -0.39 is 12.0 Å². The molecule has 0 unspecified atom stereocenters. The third-order valence-electron chi connectivity index (χ3n) is 4.08. The normalized spacial score (nSPS) is 16.7. The number of carbonyl (C=O) groups is 2. The molecule has 0 spiro atoms. The Bertz CT molecular complexity index is 878. The molecule has 0 fully saturated rings. The van der Waals surface area contributed by atoms with Gasteiger partial charge in [-0.15, -0.1) is 10.2 Å². The predicted molar refractivity (Wildman–Crippen MR) is 102 cm³/mol. The van der Waals surface area contributed by atoms with Crippen molar-refractivity contribution in [2.45, 2.75) is 25.0 Å². The molecule has 1 aromatic heterocycles. The summed E-state index contributed by atoms with van der Waals surface area (Å²) >= 11 is 1.39. The van der Waals surface area contributed by atoms with Crippen molar-refractivity contribution in [1.29, 1.82) is 0 Å². The minimum Gasteiger partial charge on any atom is -0.463 e. The van der Waals surface area contributed by atoms with Crippen LogP contribution in [0.3, 0.4) is 0 Å². The number of benzene rings is 1. The van der Waals surface area contributed by atoms with Crippen LogP contribution >= 0.6 is 11.8 Å². The Morgan fingerprint density at radius 2 is 2.04 bits per heavy atom. The van der Waals surface area contributed by atoms with Crippen LogP contribution in [0.2, 0.25) is 0 Å². The maximum Gasteiger partial charge on any atom is 0.337 e. The summed E-state index contributed by atoms with van der Waals surface area (Å²) in [5.41, 5.74) is 1.92. The number of esters is 1. The highest BCUT2D eigenvalue weighted by molar-refractivity contribution is 7.99. The molecule has 9 heteroatoms. The smallest absolute Gasteiger partial charge is 0.337 e. The lowest BCUT2D eigenvalue weighted by Gasteiger charge is -2.26. The molecule has 0 saturated carbocycles. The van der Waals surface area contributed by atoms with Crippen molar-refractivity contribution in [3.63, 3.8) is 0 Å². The summed E-state index contributed by atoms with van der Waals surface area (Å²) in [6.45, 7) is 3.77. The molecular formula is C18H21N5O3S. The predicted octanol–water partition coefficient (Wildman–Crippen LogP) is 2.09. The van der Waals surface area contributed by atoms with Crippen LogP contribution in [0.5, 0.6) is 0 Å². The van der Waals surface area contributed by atoms with Gasteiger partial charge in [-0.2, -0.15) is 0 Å². The summed E-state index contributed by atoms with van der Waals surface area (Å²) in [7, 11) is 1.88. The van der Waals surface area contributed by atoms with Gasteiger partial charge in [0.1, 0.15) is 0 Å². The highest BCUT2D eigenvalue weighted by Gasteiger charge is 2.29. The minimum absolute atomic E-state index is 0.271. The molecule has 2 N–H and O–H groups in total. The number of hydrogen-bond donors (Lipinski definition) is 2. The van der Waals surface area contributed by atoms with Crippen LogP contribution in [0, 0.1) is 0 Å². The molecule has 27 heavy (non-hydrogen) atoms. The second-order valence-corrected chi connectivity index (χ2v) is 6.90. The van der Waals surface area contributed by atoms with Crippen LogP contribution in [-0.4, -0.2) is 45.2 Å². The molecule has 0 saturated heterocycles. The molecule has 1 atom stereocenters. The third kappa shape index (κ3) is 4.13. The average Bonchev–Trinajstić information content (AvgIpc) is 3.01. The SMILES string of the molecule is CCOC(=O)C1=C(CSc2nnc(-c3ccccc3)n2C)NC(=O)N[C@@H]1C. The van der Waals surface area contributed by atoms with Gasteiger partial charge in [-0.05, 0) is 13.8 Å². The molecule has 2 aromatic rings. The average molecular weight is 387 g/mol. The summed E-state index contributed by atoms with van der Waals surface area (Å²) in [5, 5.41) is 14.6. The lowest BCUT2D eigenvalue weighted by Crippen LogP contribution is -2.49. The van der Waals surface area contributed by atoms with E-state index in [1.807, 2.05) is 41.9 Å². The molecule has 1 aliphatic rings. The number of amides is 2. The molecule has 142 valence electrons. The summed E-state index contributed by atoms with van der Waals surface area (Å²) < 4.78 is 7.01. The van der Waals surface area contributed by atoms with E-state index in [9.17, 15) is 9.59 Å². The fourth-order valence-electron chi connectivity index (χ4n) is 2.81. The second kappa shape index (κ2) is 8.26. The molecular weight excluding hydrogens is 366 g/mol. The molecule has 8 nitrogen and oxygen atoms in total. The van der Waals surface area contributed by atoms with Crippen molar-refractivity contribution < 1.29 is 14.3 Å². The number of hydrogen-bond acceptors (Lipinski definition) is 6. The van der Waals surface area contributed by atoms with Gasteiger partial charge in [0.15, 0.2) is 11.0 Å². The quantitative estimate of drug-likeness (QED) is 0.582. The zero-order valence-corrected chi connectivity index (χ0v) is 16.2. The first-order valence-electron chi connectivity index (χ1n) is 8.56. The molecule has 0 radical (unpaired) electrons. The van der Waals surface area contributed by atoms with Gasteiger partial charge in [0.05, 0.1) is 18.2 Å². The maximum atomic E-state index is 12.3. The first-order valence-corrected chi connectivity index (χ1v) is 9.55. The second-order valence-electron chi connectivity index (χ2n) is 5.95. The van der Waals surface area contributed by atoms with E-state index in [0.29, 0.717) is 22.2 Å². The lowest BCUT2D eigenvalue weighted by molar-refractivity contribution is -0.138. The van der Waals surface area contributed by atoms with Crippen molar-refractivity contribution in [2.75, 3.05) is 12.4 Å². The lowest BCUT2D eigenvalue weighted by atomic mass is 10.1. The van der Waals surface area contributed by atoms with Gasteiger partial charge in [-0.1, -0.05) is 42.1 Å². The maximum absolute atomic E-state index is 12.3. The van der Waals surface area contributed by atoms with Crippen molar-refractivity contribution in [3.8, 4) is 11.4 Å². The van der Waals surface area contributed by atoms with E-state index in [0.717, 1.165) is 11.4 Å². The number of ether oxygens (including phenoxy) is 1. The molecule has 1 aromatic carbocycles. The fourth-order valence-corrected chi connectivity index (χ4v) is 3.69. The van der Waals surface area contributed by atoms with E-state index in [4.69, 9.17) is 4.74 Å². The highest BCUT2D eigenvalue weighted by atomic mass is 32.2. The zero-order valence-electron chi connectivity index (χ0n) is 15.4. The number of carbonyl (C=O) groups excluding carboxylic acids is 2. The molecule has 1 aliphatic heterocycles. The van der Waals surface area contributed by atoms with Gasteiger partial charge in [0.25, 0.3) is 0 Å². The van der Waals surface area contributed by atoms with E-state index in [2.05, 4.69) is 20.8 Å². The van der Waals surface area contributed by atoms with E-state index in [1.54, 1.807) is 13.8 Å². The largest absolute Gasteiger partial charge is 0.463 e. The van der Waals surface area contributed by atoms with Crippen LogP contribution in [0.25, 0.3) is 11.4 Å². The number of nitrogens with one attached hydrogen (secondary N) is 2. The Labute approximate surface area is 161 Å². The summed E-state index contributed by atoms with van der Waals surface area (Å²) in [4.78, 5) is 24.1. The zero-order chi connectivity index (χ0) is 19.4. The van der Waals surface area contributed by atoms with E-state index in [1.165, 1.54) is 11.8 Å². The molecule has 0 bridgehead atoms. The summed E-state index contributed by atoms with van der Waals surface area (Å²) in [6, 6.07) is 9.00. The standard InChI is InChI=1S/C18H21N5O3S/c1-4-26-16(24)14-11(2)19-17(25)20-13(14)10-27-18-22-21-15(23(18)3)12-8-6-5-7-9-12/h5-9,11H,4,10H2,1-3H3,(H2,19,20,25)/t11-/m1/s1. The molecule has 2 amide bonds. The van der Waals surface area contributed by atoms with Gasteiger partial charge in [-0.3, -0.25) is 0 Å². The number of thioether (sulfide) groups is 1. The van der Waals surface area contributed by atoms with Crippen LogP contribution in [0.1, 0.15) is 13.8 Å². The molecule has 2 heterocycles. The topological polar surface area (TPSA) is 98.1 Å². The van der Waals surface area contributed by atoms with Crippen molar-refractivity contribution >= 4 is 23.8 Å². The van der Waals surface area contributed by atoms with Gasteiger partial charge in [0.2, 0.25) is 0 Å². The molecule has 0 aliphatic carbocycles. The summed E-state index contributed by atoms with van der Waals surface area (Å²) in [5.74, 6) is 0.684. The van der Waals surface area contributed by atoms with Crippen molar-refractivity contribution in [3.05, 3.63) is 41.6 Å². The summed E-state index contributed by atoms with van der Waals surface area (Å²) in [6.07, 6.45) is 0. The van der Waals surface area contributed by atoms with Crippen molar-refractivity contribution in [2.24, 2.45) is 7.05 Å². The number of urea groups is 1. The fraction of sp³-hybridized carbons (Fsp3) is 0.333. The third-order valence-corrected chi connectivity index (χ3v) is 5.12. The Morgan fingerprint density at radius 1 is 1.30 bits per heavy atom. The Balaban J connectivity index is 1.82. The first kappa shape index (κ1) is 19.0. The van der Waals surface area contributed by atoms with Crippen molar-refractivity contribution in [1.82, 2.24) is 25.4 Å². The van der Waals surface area contributed by atoms with Crippen LogP contribution in [0.4, 0.5) is 4.79 Å². The Kier molecular flexibility index (Phi) is 5.80. The van der Waals surface area contributed by atoms with E-state index in [-0.39, 0.29) is 12.6 Å². The Morgan fingerprint density at radius 3 is 2.74 bits per heavy atom. The Hall–Kier alpha value is -2.81.